The minimum Gasteiger partial charge on any atom is -0.465 e. The summed E-state index contributed by atoms with van der Waals surface area (Å²) >= 11 is 0. The molecular weight excluding hydrogens is 333 g/mol. The van der Waals surface area contributed by atoms with Crippen molar-refractivity contribution in [2.45, 2.75) is 33.0 Å². The first-order valence-electron chi connectivity index (χ1n) is 8.31. The first-order chi connectivity index (χ1) is 11.7. The van der Waals surface area contributed by atoms with Crippen LogP contribution in [-0.4, -0.2) is 62.8 Å². The number of ether oxygens (including phenoxy) is 1. The van der Waals surface area contributed by atoms with Crippen LogP contribution in [0, 0.1) is 0 Å². The van der Waals surface area contributed by atoms with Gasteiger partial charge in [-0.1, -0.05) is 32.9 Å². The van der Waals surface area contributed by atoms with Crippen molar-refractivity contribution in [1.82, 2.24) is 9.80 Å². The summed E-state index contributed by atoms with van der Waals surface area (Å²) in [6.45, 7) is 5.33. The Morgan fingerprint density at radius 3 is 2.04 bits per heavy atom. The fraction of sp³-hybridized carbons (Fsp3) is 0.611. The highest BCUT2D eigenvalue weighted by Crippen LogP contribution is 2.23. The Morgan fingerprint density at radius 1 is 1.16 bits per heavy atom. The first kappa shape index (κ1) is 23.4. The van der Waals surface area contributed by atoms with Crippen molar-refractivity contribution in [2.75, 3.05) is 40.8 Å². The number of alkyl halides is 3. The summed E-state index contributed by atoms with van der Waals surface area (Å²) in [5.74, 6) is -0.440. The number of hydrogen-bond donors (Lipinski definition) is 0. The van der Waals surface area contributed by atoms with E-state index in [1.165, 1.54) is 12.0 Å². The fourth-order valence-electron chi connectivity index (χ4n) is 2.33. The molecule has 1 aromatic carbocycles. The number of esters is 1. The summed E-state index contributed by atoms with van der Waals surface area (Å²) in [6, 6.07) is 6.54. The minimum atomic E-state index is -4.22. The van der Waals surface area contributed by atoms with Crippen LogP contribution in [-0.2, 0) is 4.74 Å². The lowest BCUT2D eigenvalue weighted by Crippen LogP contribution is -2.40. The van der Waals surface area contributed by atoms with Gasteiger partial charge in [-0.25, -0.2) is 4.79 Å². The fourth-order valence-corrected chi connectivity index (χ4v) is 2.33. The van der Waals surface area contributed by atoms with Crippen molar-refractivity contribution in [3.63, 3.8) is 0 Å². The van der Waals surface area contributed by atoms with Crippen molar-refractivity contribution >= 4 is 5.97 Å². The maximum absolute atomic E-state index is 12.6. The lowest BCUT2D eigenvalue weighted by Gasteiger charge is -2.31. The third kappa shape index (κ3) is 8.36. The average Bonchev–Trinajstić information content (AvgIpc) is 2.58. The van der Waals surface area contributed by atoms with E-state index in [-0.39, 0.29) is 12.6 Å². The smallest absolute Gasteiger partial charge is 0.401 e. The molecule has 0 aliphatic carbocycles. The van der Waals surface area contributed by atoms with Gasteiger partial charge in [-0.2, -0.15) is 13.2 Å². The molecule has 0 amide bonds. The van der Waals surface area contributed by atoms with E-state index in [0.29, 0.717) is 12.1 Å². The number of benzene rings is 1. The van der Waals surface area contributed by atoms with Crippen LogP contribution in [0.5, 0.6) is 0 Å². The van der Waals surface area contributed by atoms with Gasteiger partial charge in [0.15, 0.2) is 0 Å². The number of hydrogen-bond acceptors (Lipinski definition) is 4. The molecule has 0 saturated carbocycles. The van der Waals surface area contributed by atoms with E-state index in [2.05, 4.69) is 4.74 Å². The van der Waals surface area contributed by atoms with Crippen LogP contribution in [0.25, 0.3) is 0 Å². The number of carbonyl (C=O) groups excluding carboxylic acids is 1. The SMILES string of the molecule is CC.CCN(CC(c1ccc(C(=O)OC)cc1)N(C)C)CC(F)(F)F. The number of halogens is 3. The maximum atomic E-state index is 12.6. The Bertz CT molecular complexity index is 502. The number of methoxy groups -OCH3 is 1. The lowest BCUT2D eigenvalue weighted by molar-refractivity contribution is -0.147. The van der Waals surface area contributed by atoms with Gasteiger partial charge < -0.3 is 9.64 Å². The van der Waals surface area contributed by atoms with Crippen molar-refractivity contribution in [3.05, 3.63) is 35.4 Å². The van der Waals surface area contributed by atoms with E-state index in [1.54, 1.807) is 31.2 Å². The van der Waals surface area contributed by atoms with Crippen LogP contribution in [0.3, 0.4) is 0 Å². The Morgan fingerprint density at radius 2 is 1.68 bits per heavy atom. The molecule has 144 valence electrons. The molecule has 0 aromatic heterocycles. The molecule has 0 fully saturated rings. The van der Waals surface area contributed by atoms with Gasteiger partial charge in [-0.3, -0.25) is 4.90 Å². The van der Waals surface area contributed by atoms with Crippen LogP contribution < -0.4 is 0 Å². The predicted octanol–water partition coefficient (Wildman–Crippen LogP) is 3.99. The molecule has 0 bridgehead atoms. The molecule has 1 aromatic rings. The summed E-state index contributed by atoms with van der Waals surface area (Å²) in [4.78, 5) is 14.7. The van der Waals surface area contributed by atoms with Crippen LogP contribution in [0.1, 0.15) is 42.7 Å². The quantitative estimate of drug-likeness (QED) is 0.687. The number of nitrogens with zero attached hydrogens (tertiary/aromatic N) is 2. The number of likely N-dealkylation sites (N-methyl/N-ethyl adjacent to an activating group) is 2. The second-order valence-electron chi connectivity index (χ2n) is 5.54. The molecule has 1 unspecified atom stereocenters. The molecule has 1 rings (SSSR count). The predicted molar refractivity (Wildman–Crippen MR) is 93.7 cm³/mol. The molecule has 25 heavy (non-hydrogen) atoms. The van der Waals surface area contributed by atoms with Gasteiger partial charge in [0.1, 0.15) is 0 Å². The van der Waals surface area contributed by atoms with E-state index < -0.39 is 18.7 Å². The third-order valence-corrected chi connectivity index (χ3v) is 3.62. The van der Waals surface area contributed by atoms with E-state index in [1.807, 2.05) is 32.8 Å². The van der Waals surface area contributed by atoms with Gasteiger partial charge >= 0.3 is 12.1 Å². The highest BCUT2D eigenvalue weighted by molar-refractivity contribution is 5.89. The number of carbonyl (C=O) groups is 1. The van der Waals surface area contributed by atoms with Gasteiger partial charge in [-0.05, 0) is 38.3 Å². The van der Waals surface area contributed by atoms with Crippen LogP contribution >= 0.6 is 0 Å². The van der Waals surface area contributed by atoms with Crippen molar-refractivity contribution in [1.29, 1.82) is 0 Å². The Balaban J connectivity index is 0.00000277. The minimum absolute atomic E-state index is 0.205. The molecule has 7 heteroatoms. The van der Waals surface area contributed by atoms with E-state index >= 15 is 0 Å². The average molecular weight is 362 g/mol. The Kier molecular flexibility index (Phi) is 10.4. The zero-order valence-electron chi connectivity index (χ0n) is 15.9. The molecule has 0 aliphatic heterocycles. The molecule has 0 spiro atoms. The zero-order valence-corrected chi connectivity index (χ0v) is 15.9. The summed E-state index contributed by atoms with van der Waals surface area (Å²) in [5, 5.41) is 0. The largest absolute Gasteiger partial charge is 0.465 e. The molecule has 0 heterocycles. The van der Waals surface area contributed by atoms with Crippen molar-refractivity contribution in [3.8, 4) is 0 Å². The molecular formula is C18H29F3N2O2. The van der Waals surface area contributed by atoms with Crippen LogP contribution in [0.4, 0.5) is 13.2 Å². The maximum Gasteiger partial charge on any atom is 0.401 e. The van der Waals surface area contributed by atoms with Crippen molar-refractivity contribution in [2.24, 2.45) is 0 Å². The molecule has 0 aliphatic rings. The standard InChI is InChI=1S/C16H23F3N2O2.C2H6/c1-5-21(11-16(17,18)19)10-14(20(2)3)12-6-8-13(9-7-12)15(22)23-4;1-2/h6-9,14H,5,10-11H2,1-4H3;1-2H3. The highest BCUT2D eigenvalue weighted by Gasteiger charge is 2.31. The van der Waals surface area contributed by atoms with Gasteiger partial charge in [0, 0.05) is 12.6 Å². The summed E-state index contributed by atoms with van der Waals surface area (Å²) in [6.07, 6.45) is -4.22. The Hall–Kier alpha value is -1.60. The van der Waals surface area contributed by atoms with Gasteiger partial charge in [0.25, 0.3) is 0 Å². The van der Waals surface area contributed by atoms with Crippen LogP contribution in [0.2, 0.25) is 0 Å². The molecule has 0 radical (unpaired) electrons. The summed E-state index contributed by atoms with van der Waals surface area (Å²) in [5.41, 5.74) is 1.26. The normalized spacial score (nSPS) is 12.6. The monoisotopic (exact) mass is 362 g/mol. The second kappa shape index (κ2) is 11.1. The lowest BCUT2D eigenvalue weighted by atomic mass is 10.0. The highest BCUT2D eigenvalue weighted by atomic mass is 19.4. The molecule has 4 nitrogen and oxygen atoms in total. The first-order valence-corrected chi connectivity index (χ1v) is 8.31. The van der Waals surface area contributed by atoms with Crippen molar-refractivity contribution < 1.29 is 22.7 Å². The van der Waals surface area contributed by atoms with Crippen LogP contribution in [0.15, 0.2) is 24.3 Å². The van der Waals surface area contributed by atoms with E-state index in [0.717, 1.165) is 5.56 Å². The molecule has 1 atom stereocenters. The van der Waals surface area contributed by atoms with E-state index in [4.69, 9.17) is 0 Å². The van der Waals surface area contributed by atoms with E-state index in [9.17, 15) is 18.0 Å². The third-order valence-electron chi connectivity index (χ3n) is 3.62. The summed E-state index contributed by atoms with van der Waals surface area (Å²) < 4.78 is 42.5. The second-order valence-corrected chi connectivity index (χ2v) is 5.54. The van der Waals surface area contributed by atoms with Gasteiger partial charge in [0.05, 0.1) is 19.2 Å². The molecule has 0 saturated heterocycles. The van der Waals surface area contributed by atoms with Gasteiger partial charge in [0.2, 0.25) is 0 Å². The Labute approximate surface area is 148 Å². The number of rotatable bonds is 7. The zero-order chi connectivity index (χ0) is 19.6. The van der Waals surface area contributed by atoms with Gasteiger partial charge in [-0.15, -0.1) is 0 Å². The molecule has 0 N–H and O–H groups in total. The summed E-state index contributed by atoms with van der Waals surface area (Å²) in [7, 11) is 4.94. The topological polar surface area (TPSA) is 32.8 Å².